The molecular weight excluding hydrogens is 524 g/mol. The number of ketones is 1. The number of hydrogen-bond acceptors (Lipinski definition) is 7. The van der Waals surface area contributed by atoms with E-state index in [9.17, 15) is 23.4 Å². The molecule has 0 saturated carbocycles. The Morgan fingerprint density at radius 2 is 1.82 bits per heavy atom. The molecule has 9 nitrogen and oxygen atoms in total. The molecule has 1 fully saturated rings. The van der Waals surface area contributed by atoms with Crippen LogP contribution in [-0.2, 0) is 35.4 Å². The summed E-state index contributed by atoms with van der Waals surface area (Å²) in [6.07, 6.45) is 3.88. The predicted octanol–water partition coefficient (Wildman–Crippen LogP) is 2.55. The maximum Gasteiger partial charge on any atom is 0.289 e. The van der Waals surface area contributed by atoms with Gasteiger partial charge in [-0.3, -0.25) is 19.2 Å². The van der Waals surface area contributed by atoms with Gasteiger partial charge in [-0.1, -0.05) is 43.2 Å². The third kappa shape index (κ3) is 10.6. The molecule has 4 atom stereocenters. The van der Waals surface area contributed by atoms with E-state index in [0.29, 0.717) is 24.0 Å². The quantitative estimate of drug-likeness (QED) is 0.169. The molecule has 0 bridgehead atoms. The highest BCUT2D eigenvalue weighted by molar-refractivity contribution is 8.69. The number of nitrogens with zero attached hydrogens (tertiary/aromatic N) is 1. The number of unbranched alkanes of at least 4 members (excludes halogenated alkanes) is 1. The van der Waals surface area contributed by atoms with E-state index in [0.717, 1.165) is 25.0 Å². The molecule has 1 aromatic carbocycles. The molecule has 208 valence electrons. The zero-order valence-electron chi connectivity index (χ0n) is 22.3. The molecule has 0 radical (unpaired) electrons. The smallest absolute Gasteiger partial charge is 0.289 e. The monoisotopic (exact) mass is 562 g/mol. The van der Waals surface area contributed by atoms with Gasteiger partial charge in [-0.2, -0.15) is 5.26 Å². The van der Waals surface area contributed by atoms with Gasteiger partial charge in [-0.15, -0.1) is 0 Å². The van der Waals surface area contributed by atoms with Crippen LogP contribution in [0.5, 0.6) is 0 Å². The first-order valence-electron chi connectivity index (χ1n) is 13.1. The Balaban J connectivity index is 2.03. The van der Waals surface area contributed by atoms with E-state index in [1.807, 2.05) is 19.9 Å². The zero-order chi connectivity index (χ0) is 28.1. The number of hydrogen-bond donors (Lipinski definition) is 3. The number of carbonyl (C=O) groups excluding carboxylic acids is 4. The van der Waals surface area contributed by atoms with Gasteiger partial charge in [0.1, 0.15) is 12.1 Å². The second-order valence-electron chi connectivity index (χ2n) is 9.79. The van der Waals surface area contributed by atoms with Crippen molar-refractivity contribution in [1.82, 2.24) is 16.0 Å². The van der Waals surface area contributed by atoms with Gasteiger partial charge in [0.15, 0.2) is 0 Å². The number of nitrogens with one attached hydrogen (secondary N) is 3. The van der Waals surface area contributed by atoms with E-state index in [2.05, 4.69) is 16.0 Å². The Morgan fingerprint density at radius 1 is 1.11 bits per heavy atom. The second kappa shape index (κ2) is 16.3. The fourth-order valence-electron chi connectivity index (χ4n) is 4.16. The van der Waals surface area contributed by atoms with Gasteiger partial charge < -0.3 is 16.0 Å². The van der Waals surface area contributed by atoms with E-state index in [-0.39, 0.29) is 36.5 Å². The van der Waals surface area contributed by atoms with Crippen LogP contribution in [0.25, 0.3) is 0 Å². The number of Topliss-reactive ketones (excluding diaryl/α,β-unsaturated/α-hetero) is 1. The molecule has 2 unspecified atom stereocenters. The van der Waals surface area contributed by atoms with Crippen molar-refractivity contribution in [3.63, 3.8) is 0 Å². The summed E-state index contributed by atoms with van der Waals surface area (Å²) in [6, 6.07) is 6.61. The summed E-state index contributed by atoms with van der Waals surface area (Å²) in [5, 5.41) is 17.2. The van der Waals surface area contributed by atoms with E-state index in [1.165, 1.54) is 10.8 Å². The highest BCUT2D eigenvalue weighted by atomic mass is 33.1. The second-order valence-corrected chi connectivity index (χ2v) is 13.3. The first-order chi connectivity index (χ1) is 18.1. The first kappa shape index (κ1) is 31.5. The Morgan fingerprint density at radius 3 is 2.39 bits per heavy atom. The van der Waals surface area contributed by atoms with Crippen LogP contribution >= 0.6 is 10.8 Å². The summed E-state index contributed by atoms with van der Waals surface area (Å²) in [6.45, 7) is 5.82. The predicted molar refractivity (Wildman–Crippen MR) is 149 cm³/mol. The maximum absolute atomic E-state index is 13.3. The minimum atomic E-state index is -1.13. The van der Waals surface area contributed by atoms with Gasteiger partial charge in [-0.25, -0.2) is 4.21 Å². The van der Waals surface area contributed by atoms with Crippen LogP contribution in [0.1, 0.15) is 70.4 Å². The summed E-state index contributed by atoms with van der Waals surface area (Å²) in [4.78, 5) is 51.1. The lowest BCUT2D eigenvalue weighted by atomic mass is 9.98. The summed E-state index contributed by atoms with van der Waals surface area (Å²) in [5.41, 5.74) is 1.14. The number of benzene rings is 1. The molecule has 0 aromatic heterocycles. The van der Waals surface area contributed by atoms with Gasteiger partial charge in [0.2, 0.25) is 17.6 Å². The lowest BCUT2D eigenvalue weighted by molar-refractivity contribution is -0.140. The van der Waals surface area contributed by atoms with Gasteiger partial charge in [-0.05, 0) is 56.2 Å². The van der Waals surface area contributed by atoms with Crippen molar-refractivity contribution >= 4 is 44.1 Å². The normalized spacial score (nSPS) is 18.3. The highest BCUT2D eigenvalue weighted by Gasteiger charge is 2.30. The van der Waals surface area contributed by atoms with Crippen LogP contribution < -0.4 is 16.0 Å². The average Bonchev–Trinajstić information content (AvgIpc) is 3.30. The van der Waals surface area contributed by atoms with Gasteiger partial charge in [0.25, 0.3) is 5.91 Å². The highest BCUT2D eigenvalue weighted by Crippen LogP contribution is 2.29. The molecule has 3 N–H and O–H groups in total. The van der Waals surface area contributed by atoms with Crippen molar-refractivity contribution in [2.24, 2.45) is 5.92 Å². The Hall–Kier alpha value is -2.71. The fourth-order valence-corrected chi connectivity index (χ4v) is 7.65. The van der Waals surface area contributed by atoms with Crippen LogP contribution in [0.15, 0.2) is 24.3 Å². The number of carbonyl (C=O) groups is 4. The minimum absolute atomic E-state index is 0.0661. The van der Waals surface area contributed by atoms with Gasteiger partial charge >= 0.3 is 0 Å². The molecule has 2 rings (SSSR count). The number of amides is 3. The Bertz CT molecular complexity index is 1040. The summed E-state index contributed by atoms with van der Waals surface area (Å²) < 4.78 is 11.9. The zero-order valence-corrected chi connectivity index (χ0v) is 23.9. The van der Waals surface area contributed by atoms with Crippen molar-refractivity contribution in [2.75, 3.05) is 12.3 Å². The molecule has 1 saturated heterocycles. The minimum Gasteiger partial charge on any atom is -0.350 e. The molecule has 1 aromatic rings. The van der Waals surface area contributed by atoms with Crippen molar-refractivity contribution in [3.8, 4) is 6.07 Å². The SMILES string of the molecule is CCNC(=O)C(=O)[C@H](Cc1ccc(C#N)cc1)NC(=O)[C@H](CC(C)C)NC(=O)CCCCC1CCSS1=O. The van der Waals surface area contributed by atoms with Gasteiger partial charge in [0, 0.05) is 30.4 Å². The number of likely N-dealkylation sites (N-methyl/N-ethyl adjacent to an activating group) is 1. The number of nitriles is 1. The fraction of sp³-hybridized carbons (Fsp3) is 0.593. The Labute approximate surface area is 231 Å². The number of rotatable bonds is 15. The maximum atomic E-state index is 13.3. The lowest BCUT2D eigenvalue weighted by Crippen LogP contribution is -2.54. The lowest BCUT2D eigenvalue weighted by Gasteiger charge is -2.24. The van der Waals surface area contributed by atoms with Crippen LogP contribution in [0.3, 0.4) is 0 Å². The molecule has 0 aliphatic carbocycles. The van der Waals surface area contributed by atoms with Gasteiger partial charge in [0.05, 0.1) is 21.5 Å². The molecule has 0 spiro atoms. The molecule has 1 aliphatic heterocycles. The summed E-state index contributed by atoms with van der Waals surface area (Å²) >= 11 is 0. The molecule has 11 heteroatoms. The molecule has 1 heterocycles. The van der Waals surface area contributed by atoms with Crippen molar-refractivity contribution in [2.45, 2.75) is 83.1 Å². The molecule has 38 heavy (non-hydrogen) atoms. The van der Waals surface area contributed by atoms with Crippen LogP contribution in [-0.4, -0.2) is 57.3 Å². The van der Waals surface area contributed by atoms with E-state index in [1.54, 1.807) is 31.2 Å². The largest absolute Gasteiger partial charge is 0.350 e. The van der Waals surface area contributed by atoms with Crippen molar-refractivity contribution in [3.05, 3.63) is 35.4 Å². The van der Waals surface area contributed by atoms with Crippen molar-refractivity contribution in [1.29, 1.82) is 5.26 Å². The average molecular weight is 563 g/mol. The standard InChI is InChI=1S/C27H38N4O5S2/c1-4-29-27(35)25(33)22(16-19-9-11-20(17-28)12-10-19)31-26(34)23(15-18(2)3)30-24(32)8-6-5-7-21-13-14-37-38(21)36/h9-12,18,21-23H,4-8,13-16H2,1-3H3,(H,29,35)(H,30,32)(H,31,34)/t21?,22-,23-,38?/m0/s1. The first-order valence-corrected chi connectivity index (χ1v) is 15.8. The van der Waals surface area contributed by atoms with Crippen LogP contribution in [0, 0.1) is 17.2 Å². The topological polar surface area (TPSA) is 145 Å². The van der Waals surface area contributed by atoms with Crippen LogP contribution in [0.2, 0.25) is 0 Å². The van der Waals surface area contributed by atoms with E-state index >= 15 is 0 Å². The molecular formula is C27H38N4O5S2. The summed E-state index contributed by atoms with van der Waals surface area (Å²) in [7, 11) is 0.651. The Kier molecular flexibility index (Phi) is 13.5. The van der Waals surface area contributed by atoms with E-state index in [4.69, 9.17) is 5.26 Å². The third-order valence-electron chi connectivity index (χ3n) is 6.17. The molecule has 3 amide bonds. The van der Waals surface area contributed by atoms with Crippen molar-refractivity contribution < 1.29 is 23.4 Å². The summed E-state index contributed by atoms with van der Waals surface area (Å²) in [5.74, 6) is -1.34. The molecule has 1 aliphatic rings. The van der Waals surface area contributed by atoms with Crippen LogP contribution in [0.4, 0.5) is 0 Å². The van der Waals surface area contributed by atoms with E-state index < -0.39 is 39.5 Å². The third-order valence-corrected chi connectivity index (χ3v) is 9.83.